The average molecular weight is 263 g/mol. The van der Waals surface area contributed by atoms with Crippen LogP contribution in [0.2, 0.25) is 0 Å². The molecule has 0 fully saturated rings. The van der Waals surface area contributed by atoms with Crippen LogP contribution >= 0.6 is 0 Å². The summed E-state index contributed by atoms with van der Waals surface area (Å²) in [5.41, 5.74) is 3.62. The molecule has 0 bridgehead atoms. The highest BCUT2D eigenvalue weighted by atomic mass is 16.5. The Labute approximate surface area is 116 Å². The highest BCUT2D eigenvalue weighted by Crippen LogP contribution is 2.30. The Morgan fingerprint density at radius 1 is 1.21 bits per heavy atom. The SMILES string of the molecule is COC(=O)C(C)(NC(C)C)c1c(C)cc(C)cc1C. The monoisotopic (exact) mass is 263 g/mol. The molecule has 1 N–H and O–H groups in total. The van der Waals surface area contributed by atoms with E-state index in [4.69, 9.17) is 4.74 Å². The summed E-state index contributed by atoms with van der Waals surface area (Å²) in [6.45, 7) is 12.1. The number of hydrogen-bond acceptors (Lipinski definition) is 3. The van der Waals surface area contributed by atoms with Crippen molar-refractivity contribution in [3.8, 4) is 0 Å². The first-order chi connectivity index (χ1) is 8.72. The molecule has 0 radical (unpaired) electrons. The van der Waals surface area contributed by atoms with Gasteiger partial charge in [0.2, 0.25) is 0 Å². The van der Waals surface area contributed by atoms with Gasteiger partial charge in [0, 0.05) is 6.04 Å². The van der Waals surface area contributed by atoms with Gasteiger partial charge in [-0.3, -0.25) is 5.32 Å². The van der Waals surface area contributed by atoms with Gasteiger partial charge in [0.05, 0.1) is 7.11 Å². The maximum Gasteiger partial charge on any atom is 0.330 e. The van der Waals surface area contributed by atoms with Gasteiger partial charge < -0.3 is 4.74 Å². The minimum atomic E-state index is -0.815. The number of ether oxygens (including phenoxy) is 1. The smallest absolute Gasteiger partial charge is 0.330 e. The molecular weight excluding hydrogens is 238 g/mol. The maximum atomic E-state index is 12.3. The Balaban J connectivity index is 3.45. The maximum absolute atomic E-state index is 12.3. The van der Waals surface area contributed by atoms with E-state index in [0.717, 1.165) is 16.7 Å². The molecule has 1 unspecified atom stereocenters. The topological polar surface area (TPSA) is 38.3 Å². The first-order valence-electron chi connectivity index (χ1n) is 6.66. The van der Waals surface area contributed by atoms with Crippen molar-refractivity contribution in [1.29, 1.82) is 0 Å². The molecule has 1 aromatic carbocycles. The first-order valence-corrected chi connectivity index (χ1v) is 6.66. The Morgan fingerprint density at radius 2 is 1.68 bits per heavy atom. The van der Waals surface area contributed by atoms with Crippen molar-refractivity contribution in [2.45, 2.75) is 53.1 Å². The predicted molar refractivity (Wildman–Crippen MR) is 78.3 cm³/mol. The second-order valence-electron chi connectivity index (χ2n) is 5.69. The van der Waals surface area contributed by atoms with Gasteiger partial charge in [-0.15, -0.1) is 0 Å². The summed E-state index contributed by atoms with van der Waals surface area (Å²) >= 11 is 0. The van der Waals surface area contributed by atoms with Gasteiger partial charge in [-0.05, 0) is 58.2 Å². The summed E-state index contributed by atoms with van der Waals surface area (Å²) in [5, 5.41) is 3.35. The third kappa shape index (κ3) is 3.16. The highest BCUT2D eigenvalue weighted by molar-refractivity contribution is 5.83. The Kier molecular flexibility index (Phi) is 4.75. The van der Waals surface area contributed by atoms with Crippen molar-refractivity contribution in [3.63, 3.8) is 0 Å². The molecule has 0 saturated heterocycles. The Hall–Kier alpha value is -1.35. The van der Waals surface area contributed by atoms with E-state index in [9.17, 15) is 4.79 Å². The van der Waals surface area contributed by atoms with E-state index in [-0.39, 0.29) is 12.0 Å². The van der Waals surface area contributed by atoms with Crippen molar-refractivity contribution in [3.05, 3.63) is 34.4 Å². The van der Waals surface area contributed by atoms with Crippen molar-refractivity contribution in [2.24, 2.45) is 0 Å². The van der Waals surface area contributed by atoms with Crippen LogP contribution in [0.15, 0.2) is 12.1 Å². The van der Waals surface area contributed by atoms with Gasteiger partial charge in [0.1, 0.15) is 5.54 Å². The lowest BCUT2D eigenvalue weighted by Gasteiger charge is -2.33. The van der Waals surface area contributed by atoms with E-state index in [1.54, 1.807) is 0 Å². The summed E-state index contributed by atoms with van der Waals surface area (Å²) in [6.07, 6.45) is 0. The number of benzene rings is 1. The van der Waals surface area contributed by atoms with Gasteiger partial charge >= 0.3 is 5.97 Å². The van der Waals surface area contributed by atoms with Gasteiger partial charge in [-0.2, -0.15) is 0 Å². The van der Waals surface area contributed by atoms with E-state index >= 15 is 0 Å². The summed E-state index contributed by atoms with van der Waals surface area (Å²) < 4.78 is 5.01. The van der Waals surface area contributed by atoms with Crippen LogP contribution in [0.5, 0.6) is 0 Å². The second-order valence-corrected chi connectivity index (χ2v) is 5.69. The normalized spacial score (nSPS) is 14.3. The van der Waals surface area contributed by atoms with E-state index in [1.165, 1.54) is 12.7 Å². The van der Waals surface area contributed by atoms with Crippen LogP contribution in [0, 0.1) is 20.8 Å². The molecular formula is C16H25NO2. The zero-order chi connectivity index (χ0) is 14.8. The van der Waals surface area contributed by atoms with Crippen LogP contribution in [0.4, 0.5) is 0 Å². The van der Waals surface area contributed by atoms with Crippen molar-refractivity contribution >= 4 is 5.97 Å². The molecule has 0 aliphatic heterocycles. The highest BCUT2D eigenvalue weighted by Gasteiger charge is 2.39. The van der Waals surface area contributed by atoms with Gasteiger partial charge in [0.15, 0.2) is 0 Å². The van der Waals surface area contributed by atoms with Crippen LogP contribution in [0.25, 0.3) is 0 Å². The second kappa shape index (κ2) is 5.74. The summed E-state index contributed by atoms with van der Waals surface area (Å²) in [7, 11) is 1.43. The molecule has 3 nitrogen and oxygen atoms in total. The molecule has 106 valence electrons. The molecule has 19 heavy (non-hydrogen) atoms. The standard InChI is InChI=1S/C16H25NO2/c1-10(2)17-16(6,15(18)19-7)14-12(4)8-11(3)9-13(14)5/h8-10,17H,1-7H3. The lowest BCUT2D eigenvalue weighted by molar-refractivity contribution is -0.148. The minimum Gasteiger partial charge on any atom is -0.467 e. The zero-order valence-corrected chi connectivity index (χ0v) is 13.0. The van der Waals surface area contributed by atoms with Gasteiger partial charge in [0.25, 0.3) is 0 Å². The molecule has 0 aliphatic carbocycles. The molecule has 0 spiro atoms. The lowest BCUT2D eigenvalue weighted by atomic mass is 9.83. The molecule has 3 heteroatoms. The summed E-state index contributed by atoms with van der Waals surface area (Å²) in [6, 6.07) is 4.39. The number of nitrogens with one attached hydrogen (secondary N) is 1. The van der Waals surface area contributed by atoms with Crippen LogP contribution in [0.3, 0.4) is 0 Å². The predicted octanol–water partition coefficient (Wildman–Crippen LogP) is 3.00. The fourth-order valence-corrected chi connectivity index (χ4v) is 2.98. The number of carbonyl (C=O) groups excluding carboxylic acids is 1. The summed E-state index contributed by atoms with van der Waals surface area (Å²) in [5.74, 6) is -0.253. The van der Waals surface area contributed by atoms with Crippen molar-refractivity contribution in [1.82, 2.24) is 5.32 Å². The molecule has 0 saturated carbocycles. The van der Waals surface area contributed by atoms with Crippen LogP contribution in [-0.2, 0) is 15.1 Å². The third-order valence-corrected chi connectivity index (χ3v) is 3.35. The first kappa shape index (κ1) is 15.7. The Bertz CT molecular complexity index is 457. The molecule has 0 aromatic heterocycles. The average Bonchev–Trinajstić information content (AvgIpc) is 2.25. The van der Waals surface area contributed by atoms with Crippen molar-refractivity contribution in [2.75, 3.05) is 7.11 Å². The molecule has 0 amide bonds. The molecule has 1 atom stereocenters. The van der Waals surface area contributed by atoms with Gasteiger partial charge in [-0.1, -0.05) is 17.7 Å². The van der Waals surface area contributed by atoms with Crippen molar-refractivity contribution < 1.29 is 9.53 Å². The quantitative estimate of drug-likeness (QED) is 0.849. The van der Waals surface area contributed by atoms with E-state index in [1.807, 2.05) is 34.6 Å². The molecule has 1 rings (SSSR count). The summed E-state index contributed by atoms with van der Waals surface area (Å²) in [4.78, 5) is 12.3. The van der Waals surface area contributed by atoms with E-state index < -0.39 is 5.54 Å². The molecule has 0 heterocycles. The minimum absolute atomic E-state index is 0.184. The fourth-order valence-electron chi connectivity index (χ4n) is 2.98. The number of hydrogen-bond donors (Lipinski definition) is 1. The lowest BCUT2D eigenvalue weighted by Crippen LogP contribution is -2.51. The number of esters is 1. The fraction of sp³-hybridized carbons (Fsp3) is 0.562. The van der Waals surface area contributed by atoms with E-state index in [2.05, 4.69) is 24.4 Å². The number of carbonyl (C=O) groups is 1. The van der Waals surface area contributed by atoms with E-state index in [0.29, 0.717) is 0 Å². The molecule has 0 aliphatic rings. The van der Waals surface area contributed by atoms with Crippen LogP contribution in [0.1, 0.15) is 43.0 Å². The zero-order valence-electron chi connectivity index (χ0n) is 13.0. The third-order valence-electron chi connectivity index (χ3n) is 3.35. The Morgan fingerprint density at radius 3 is 2.05 bits per heavy atom. The number of methoxy groups -OCH3 is 1. The van der Waals surface area contributed by atoms with Crippen LogP contribution in [-0.4, -0.2) is 19.1 Å². The number of aryl methyl sites for hydroxylation is 3. The van der Waals surface area contributed by atoms with Gasteiger partial charge in [-0.25, -0.2) is 4.79 Å². The largest absolute Gasteiger partial charge is 0.467 e. The van der Waals surface area contributed by atoms with Crippen LogP contribution < -0.4 is 5.32 Å². The number of rotatable bonds is 4. The molecule has 1 aromatic rings.